The molecule has 1 atom stereocenters. The van der Waals surface area contributed by atoms with Crippen molar-refractivity contribution >= 4 is 27.7 Å². The topological polar surface area (TPSA) is 84.9 Å². The Labute approximate surface area is 202 Å². The minimum absolute atomic E-state index is 0.0874. The molecule has 0 radical (unpaired) electrons. The maximum atomic E-state index is 12.7. The number of ether oxygens (including phenoxy) is 2. The van der Waals surface area contributed by atoms with Crippen LogP contribution in [-0.4, -0.2) is 37.1 Å². The number of benzene rings is 2. The third-order valence-electron chi connectivity index (χ3n) is 6.72. The summed E-state index contributed by atoms with van der Waals surface area (Å²) < 4.78 is 11.8. The van der Waals surface area contributed by atoms with Crippen LogP contribution in [-0.2, 0) is 16.0 Å². The molecule has 1 saturated carbocycles. The van der Waals surface area contributed by atoms with Gasteiger partial charge in [0.2, 0.25) is 0 Å². The quantitative estimate of drug-likeness (QED) is 0.510. The van der Waals surface area contributed by atoms with E-state index in [4.69, 9.17) is 9.47 Å². The van der Waals surface area contributed by atoms with Crippen LogP contribution >= 0.6 is 15.9 Å². The number of carbonyl (C=O) groups is 2. The normalized spacial score (nSPS) is 18.0. The highest BCUT2D eigenvalue weighted by molar-refractivity contribution is 9.12. The Balaban J connectivity index is 1.64. The van der Waals surface area contributed by atoms with Gasteiger partial charge in [-0.3, -0.25) is 4.79 Å². The van der Waals surface area contributed by atoms with Gasteiger partial charge in [-0.1, -0.05) is 49.6 Å². The van der Waals surface area contributed by atoms with Gasteiger partial charge in [-0.15, -0.1) is 0 Å². The first-order chi connectivity index (χ1) is 15.9. The van der Waals surface area contributed by atoms with E-state index in [1.54, 1.807) is 14.2 Å². The Kier molecular flexibility index (Phi) is 6.79. The van der Waals surface area contributed by atoms with Gasteiger partial charge in [0.25, 0.3) is 0 Å². The van der Waals surface area contributed by atoms with E-state index in [1.165, 1.54) is 0 Å². The first kappa shape index (κ1) is 23.4. The number of carboxylic acids is 1. The van der Waals surface area contributed by atoms with E-state index in [-0.39, 0.29) is 12.2 Å². The third-order valence-corrected chi connectivity index (χ3v) is 7.48. The Hall–Kier alpha value is -2.80. The van der Waals surface area contributed by atoms with Gasteiger partial charge in [0, 0.05) is 12.1 Å². The van der Waals surface area contributed by atoms with Gasteiger partial charge in [-0.05, 0) is 52.0 Å². The molecule has 0 saturated heterocycles. The number of carbonyl (C=O) groups excluding carboxylic acids is 1. The molecule has 0 heterocycles. The predicted octanol–water partition coefficient (Wildman–Crippen LogP) is 5.10. The lowest BCUT2D eigenvalue weighted by Gasteiger charge is -2.46. The molecule has 1 spiro atoms. The molecule has 33 heavy (non-hydrogen) atoms. The molecule has 2 N–H and O–H groups in total. The molecule has 0 amide bonds. The molecule has 0 aliphatic heterocycles. The lowest BCUT2D eigenvalue weighted by Crippen LogP contribution is -2.53. The maximum absolute atomic E-state index is 12.7. The predicted molar refractivity (Wildman–Crippen MR) is 130 cm³/mol. The average molecular weight is 514 g/mol. The van der Waals surface area contributed by atoms with Crippen molar-refractivity contribution in [2.24, 2.45) is 5.41 Å². The number of nitrogens with one attached hydrogen (secondary N) is 1. The lowest BCUT2D eigenvalue weighted by atomic mass is 9.62. The summed E-state index contributed by atoms with van der Waals surface area (Å²) in [5, 5.41) is 13.2. The van der Waals surface area contributed by atoms with Crippen molar-refractivity contribution in [2.45, 2.75) is 44.6 Å². The molecule has 6 nitrogen and oxygen atoms in total. The van der Waals surface area contributed by atoms with Gasteiger partial charge in [-0.2, -0.15) is 0 Å². The summed E-state index contributed by atoms with van der Waals surface area (Å²) in [6, 6.07) is 12.6. The molecule has 0 aromatic heterocycles. The molecule has 1 unspecified atom stereocenters. The van der Waals surface area contributed by atoms with Crippen molar-refractivity contribution in [1.29, 1.82) is 0 Å². The molecule has 1 fully saturated rings. The van der Waals surface area contributed by atoms with Gasteiger partial charge in [-0.25, -0.2) is 4.79 Å². The minimum atomic E-state index is -0.974. The summed E-state index contributed by atoms with van der Waals surface area (Å²) in [6.45, 7) is 0. The number of hydrogen-bond donors (Lipinski definition) is 2. The average Bonchev–Trinajstić information content (AvgIpc) is 2.86. The monoisotopic (exact) mass is 513 g/mol. The largest absolute Gasteiger partial charge is 0.496 e. The van der Waals surface area contributed by atoms with Crippen LogP contribution in [0.25, 0.3) is 11.1 Å². The van der Waals surface area contributed by atoms with Crippen LogP contribution in [0.3, 0.4) is 0 Å². The lowest BCUT2D eigenvalue weighted by molar-refractivity contribution is -0.140. The highest BCUT2D eigenvalue weighted by Gasteiger charge is 2.53. The van der Waals surface area contributed by atoms with Crippen LogP contribution in [0.1, 0.15) is 37.7 Å². The second-order valence-corrected chi connectivity index (χ2v) is 9.43. The fraction of sp³-hybridized carbons (Fsp3) is 0.385. The summed E-state index contributed by atoms with van der Waals surface area (Å²) in [5.41, 5.74) is 2.72. The van der Waals surface area contributed by atoms with Gasteiger partial charge in [0.1, 0.15) is 17.5 Å². The molecule has 4 rings (SSSR count). The highest BCUT2D eigenvalue weighted by Crippen LogP contribution is 2.53. The molecule has 7 heteroatoms. The van der Waals surface area contributed by atoms with E-state index >= 15 is 0 Å². The Morgan fingerprint density at radius 3 is 2.24 bits per heavy atom. The van der Waals surface area contributed by atoms with Crippen LogP contribution < -0.4 is 14.8 Å². The SMILES string of the molecule is COc1cc(CC(NC2=C(Br)C(=O)C23CCCCC3)C(=O)O)cc(OC)c1-c1ccccc1. The number of rotatable bonds is 8. The van der Waals surface area contributed by atoms with E-state index in [9.17, 15) is 14.7 Å². The van der Waals surface area contributed by atoms with E-state index in [2.05, 4.69) is 21.2 Å². The fourth-order valence-electron chi connectivity index (χ4n) is 5.00. The highest BCUT2D eigenvalue weighted by atomic mass is 79.9. The standard InChI is InChI=1S/C26H28BrNO5/c1-32-19-14-16(15-20(33-2)21(19)17-9-5-3-6-10-17)13-18(25(30)31)28-23-22(27)24(29)26(23)11-7-4-8-12-26/h3,5-6,9-10,14-15,18,28H,4,7-8,11-13H2,1-2H3,(H,30,31). The molecule has 2 aromatic rings. The van der Waals surface area contributed by atoms with Crippen molar-refractivity contribution in [3.63, 3.8) is 0 Å². The second kappa shape index (κ2) is 9.59. The summed E-state index contributed by atoms with van der Waals surface area (Å²) in [5.74, 6) is 0.341. The van der Waals surface area contributed by atoms with Crippen molar-refractivity contribution in [2.75, 3.05) is 14.2 Å². The Bertz CT molecular complexity index is 1060. The van der Waals surface area contributed by atoms with Gasteiger partial charge in [0.15, 0.2) is 5.78 Å². The number of hydrogen-bond acceptors (Lipinski definition) is 5. The smallest absolute Gasteiger partial charge is 0.326 e. The van der Waals surface area contributed by atoms with Crippen LogP contribution in [0, 0.1) is 5.41 Å². The van der Waals surface area contributed by atoms with Gasteiger partial charge in [0.05, 0.1) is 29.7 Å². The number of aliphatic carboxylic acids is 1. The molecule has 2 aliphatic rings. The summed E-state index contributed by atoms with van der Waals surface area (Å²) >= 11 is 3.38. The number of ketones is 1. The van der Waals surface area contributed by atoms with Gasteiger partial charge < -0.3 is 19.9 Å². The molecule has 2 aliphatic carbocycles. The number of halogens is 1. The zero-order valence-corrected chi connectivity index (χ0v) is 20.4. The number of carboxylic acid groups (broad SMARTS) is 1. The second-order valence-electron chi connectivity index (χ2n) is 8.64. The molecular weight excluding hydrogens is 486 g/mol. The summed E-state index contributed by atoms with van der Waals surface area (Å²) in [6.07, 6.45) is 4.81. The van der Waals surface area contributed by atoms with Crippen LogP contribution in [0.4, 0.5) is 0 Å². The van der Waals surface area contributed by atoms with Crippen LogP contribution in [0.2, 0.25) is 0 Å². The summed E-state index contributed by atoms with van der Waals surface area (Å²) in [4.78, 5) is 24.9. The third kappa shape index (κ3) is 4.26. The van der Waals surface area contributed by atoms with Crippen molar-refractivity contribution < 1.29 is 24.2 Å². The Morgan fingerprint density at radius 1 is 1.09 bits per heavy atom. The minimum Gasteiger partial charge on any atom is -0.496 e. The van der Waals surface area contributed by atoms with E-state index in [0.29, 0.717) is 16.0 Å². The Morgan fingerprint density at radius 2 is 1.70 bits per heavy atom. The number of allylic oxidation sites excluding steroid dienone is 2. The van der Waals surface area contributed by atoms with Crippen molar-refractivity contribution in [3.8, 4) is 22.6 Å². The molecule has 0 bridgehead atoms. The number of Topliss-reactive ketones (excluding diaryl/α,β-unsaturated/α-hetero) is 1. The molecule has 2 aromatic carbocycles. The molecular formula is C26H28BrNO5. The molecule has 174 valence electrons. The summed E-state index contributed by atoms with van der Waals surface area (Å²) in [7, 11) is 3.18. The van der Waals surface area contributed by atoms with E-state index in [0.717, 1.165) is 54.5 Å². The maximum Gasteiger partial charge on any atom is 0.326 e. The zero-order valence-electron chi connectivity index (χ0n) is 18.8. The first-order valence-corrected chi connectivity index (χ1v) is 12.0. The van der Waals surface area contributed by atoms with E-state index in [1.807, 2.05) is 42.5 Å². The zero-order chi connectivity index (χ0) is 23.6. The van der Waals surface area contributed by atoms with Crippen LogP contribution in [0.5, 0.6) is 11.5 Å². The van der Waals surface area contributed by atoms with Crippen molar-refractivity contribution in [1.82, 2.24) is 5.32 Å². The number of methoxy groups -OCH3 is 2. The van der Waals surface area contributed by atoms with Crippen molar-refractivity contribution in [3.05, 3.63) is 58.2 Å². The first-order valence-electron chi connectivity index (χ1n) is 11.2. The van der Waals surface area contributed by atoms with E-state index < -0.39 is 17.4 Å². The van der Waals surface area contributed by atoms with Crippen LogP contribution in [0.15, 0.2) is 52.6 Å². The van der Waals surface area contributed by atoms with Gasteiger partial charge >= 0.3 is 5.97 Å². The fourth-order valence-corrected chi connectivity index (χ4v) is 5.88.